The van der Waals surface area contributed by atoms with Crippen molar-refractivity contribution in [3.05, 3.63) is 45.1 Å². The number of H-pyrrole nitrogens is 1. The van der Waals surface area contributed by atoms with Gasteiger partial charge in [0.25, 0.3) is 5.56 Å². The van der Waals surface area contributed by atoms with Crippen LogP contribution in [-0.4, -0.2) is 4.98 Å². The molecule has 2 aromatic rings. The van der Waals surface area contributed by atoms with Crippen LogP contribution < -0.4 is 5.56 Å². The van der Waals surface area contributed by atoms with Gasteiger partial charge in [-0.1, -0.05) is 0 Å². The minimum absolute atomic E-state index is 0.145. The van der Waals surface area contributed by atoms with E-state index in [0.29, 0.717) is 0 Å². The summed E-state index contributed by atoms with van der Waals surface area (Å²) in [5.74, 6) is 0. The maximum atomic E-state index is 11.4. The van der Waals surface area contributed by atoms with Gasteiger partial charge in [-0.3, -0.25) is 4.79 Å². The summed E-state index contributed by atoms with van der Waals surface area (Å²) in [5, 5.41) is 8.62. The standard InChI is InChI=1S/C11H8N2OS/c1-7-2-5-10(15-7)9-4-3-8(6-12)11(14)13-9/h2-5H,1H3,(H,13,14). The van der Waals surface area contributed by atoms with Crippen LogP contribution in [0.5, 0.6) is 0 Å². The van der Waals surface area contributed by atoms with Gasteiger partial charge in [-0.05, 0) is 31.2 Å². The Morgan fingerprint density at radius 3 is 2.67 bits per heavy atom. The topological polar surface area (TPSA) is 56.6 Å². The molecule has 2 aromatic heterocycles. The van der Waals surface area contributed by atoms with Crippen molar-refractivity contribution in [2.24, 2.45) is 0 Å². The molecule has 2 heterocycles. The van der Waals surface area contributed by atoms with Crippen molar-refractivity contribution in [1.82, 2.24) is 4.98 Å². The van der Waals surface area contributed by atoms with Gasteiger partial charge < -0.3 is 4.98 Å². The molecule has 0 aliphatic carbocycles. The fraction of sp³-hybridized carbons (Fsp3) is 0.0909. The summed E-state index contributed by atoms with van der Waals surface area (Å²) in [7, 11) is 0. The van der Waals surface area contributed by atoms with E-state index in [4.69, 9.17) is 5.26 Å². The Kier molecular flexibility index (Phi) is 2.40. The van der Waals surface area contributed by atoms with Crippen LogP contribution in [-0.2, 0) is 0 Å². The van der Waals surface area contributed by atoms with E-state index in [2.05, 4.69) is 4.98 Å². The van der Waals surface area contributed by atoms with Crippen LogP contribution in [0.1, 0.15) is 10.4 Å². The minimum Gasteiger partial charge on any atom is -0.320 e. The van der Waals surface area contributed by atoms with E-state index in [0.717, 1.165) is 10.6 Å². The van der Waals surface area contributed by atoms with E-state index in [9.17, 15) is 4.79 Å². The number of hydrogen-bond acceptors (Lipinski definition) is 3. The maximum Gasteiger partial charge on any atom is 0.266 e. The fourth-order valence-corrected chi connectivity index (χ4v) is 2.13. The van der Waals surface area contributed by atoms with Gasteiger partial charge >= 0.3 is 0 Å². The molecule has 2 rings (SSSR count). The van der Waals surface area contributed by atoms with Crippen LogP contribution >= 0.6 is 11.3 Å². The monoisotopic (exact) mass is 216 g/mol. The lowest BCUT2D eigenvalue weighted by atomic mass is 10.2. The average molecular weight is 216 g/mol. The lowest BCUT2D eigenvalue weighted by Crippen LogP contribution is -2.09. The number of nitriles is 1. The predicted octanol–water partition coefficient (Wildman–Crippen LogP) is 2.28. The lowest BCUT2D eigenvalue weighted by Gasteiger charge is -1.96. The molecular weight excluding hydrogens is 208 g/mol. The highest BCUT2D eigenvalue weighted by Crippen LogP contribution is 2.24. The molecule has 0 saturated carbocycles. The van der Waals surface area contributed by atoms with Gasteiger partial charge in [0.15, 0.2) is 0 Å². The third kappa shape index (κ3) is 1.83. The van der Waals surface area contributed by atoms with Gasteiger partial charge in [0.1, 0.15) is 11.6 Å². The Morgan fingerprint density at radius 1 is 1.33 bits per heavy atom. The molecule has 0 fully saturated rings. The molecule has 0 unspecified atom stereocenters. The van der Waals surface area contributed by atoms with Gasteiger partial charge in [-0.15, -0.1) is 11.3 Å². The molecule has 0 radical (unpaired) electrons. The molecular formula is C11H8N2OS. The van der Waals surface area contributed by atoms with Crippen LogP contribution in [0.3, 0.4) is 0 Å². The molecule has 0 amide bonds. The molecule has 0 bridgehead atoms. The molecule has 0 aliphatic rings. The minimum atomic E-state index is -0.332. The summed E-state index contributed by atoms with van der Waals surface area (Å²) < 4.78 is 0. The summed E-state index contributed by atoms with van der Waals surface area (Å²) in [6, 6.07) is 9.09. The quantitative estimate of drug-likeness (QED) is 0.795. The smallest absolute Gasteiger partial charge is 0.266 e. The van der Waals surface area contributed by atoms with Gasteiger partial charge in [-0.2, -0.15) is 5.26 Å². The largest absolute Gasteiger partial charge is 0.320 e. The summed E-state index contributed by atoms with van der Waals surface area (Å²) in [6.07, 6.45) is 0. The Hall–Kier alpha value is -1.86. The Labute approximate surface area is 90.6 Å². The first-order valence-corrected chi connectivity index (χ1v) is 5.22. The van der Waals surface area contributed by atoms with Crippen molar-refractivity contribution < 1.29 is 0 Å². The highest BCUT2D eigenvalue weighted by atomic mass is 32.1. The fourth-order valence-electron chi connectivity index (χ4n) is 1.28. The lowest BCUT2D eigenvalue weighted by molar-refractivity contribution is 1.22. The maximum absolute atomic E-state index is 11.4. The number of nitrogens with zero attached hydrogens (tertiary/aromatic N) is 1. The summed E-state index contributed by atoms with van der Waals surface area (Å²) >= 11 is 1.61. The highest BCUT2D eigenvalue weighted by Gasteiger charge is 2.03. The Morgan fingerprint density at radius 2 is 2.13 bits per heavy atom. The number of rotatable bonds is 1. The first-order chi connectivity index (χ1) is 7.20. The van der Waals surface area contributed by atoms with Crippen LogP contribution in [0.2, 0.25) is 0 Å². The summed E-state index contributed by atoms with van der Waals surface area (Å²) in [5.41, 5.74) is 0.574. The Bertz CT molecular complexity index is 589. The second-order valence-electron chi connectivity index (χ2n) is 3.14. The summed E-state index contributed by atoms with van der Waals surface area (Å²) in [6.45, 7) is 2.01. The number of aromatic amines is 1. The molecule has 0 atom stereocenters. The molecule has 3 nitrogen and oxygen atoms in total. The number of pyridine rings is 1. The van der Waals surface area contributed by atoms with Crippen molar-refractivity contribution in [3.8, 4) is 16.6 Å². The van der Waals surface area contributed by atoms with Crippen molar-refractivity contribution in [1.29, 1.82) is 5.26 Å². The van der Waals surface area contributed by atoms with Crippen molar-refractivity contribution in [3.63, 3.8) is 0 Å². The molecule has 0 aliphatic heterocycles. The third-order valence-electron chi connectivity index (χ3n) is 2.04. The number of aromatic nitrogens is 1. The molecule has 4 heteroatoms. The third-order valence-corrected chi connectivity index (χ3v) is 3.07. The van der Waals surface area contributed by atoms with E-state index < -0.39 is 0 Å². The number of aryl methyl sites for hydroxylation is 1. The van der Waals surface area contributed by atoms with Crippen molar-refractivity contribution in [2.45, 2.75) is 6.92 Å². The zero-order valence-corrected chi connectivity index (χ0v) is 8.89. The highest BCUT2D eigenvalue weighted by molar-refractivity contribution is 7.15. The van der Waals surface area contributed by atoms with Gasteiger partial charge in [0.05, 0.1) is 10.6 Å². The van der Waals surface area contributed by atoms with Gasteiger partial charge in [0, 0.05) is 4.88 Å². The number of nitrogens with one attached hydrogen (secondary N) is 1. The van der Waals surface area contributed by atoms with Crippen LogP contribution in [0, 0.1) is 18.3 Å². The van der Waals surface area contributed by atoms with Gasteiger partial charge in [-0.25, -0.2) is 0 Å². The van der Waals surface area contributed by atoms with E-state index in [1.165, 1.54) is 4.88 Å². The second kappa shape index (κ2) is 3.71. The number of thiophene rings is 1. The first kappa shape index (κ1) is 9.69. The van der Waals surface area contributed by atoms with Crippen molar-refractivity contribution in [2.75, 3.05) is 0 Å². The normalized spacial score (nSPS) is 9.87. The van der Waals surface area contributed by atoms with Crippen LogP contribution in [0.25, 0.3) is 10.6 Å². The SMILES string of the molecule is Cc1ccc(-c2ccc(C#N)c(=O)[nH]2)s1. The van der Waals surface area contributed by atoms with E-state index >= 15 is 0 Å². The molecule has 1 N–H and O–H groups in total. The zero-order chi connectivity index (χ0) is 10.8. The van der Waals surface area contributed by atoms with Crippen molar-refractivity contribution >= 4 is 11.3 Å². The molecule has 0 saturated heterocycles. The average Bonchev–Trinajstić information content (AvgIpc) is 2.65. The van der Waals surface area contributed by atoms with E-state index in [1.54, 1.807) is 23.5 Å². The molecule has 74 valence electrons. The Balaban J connectivity index is 2.53. The van der Waals surface area contributed by atoms with Crippen LogP contribution in [0.15, 0.2) is 29.1 Å². The zero-order valence-electron chi connectivity index (χ0n) is 8.07. The molecule has 0 spiro atoms. The van der Waals surface area contributed by atoms with E-state index in [1.807, 2.05) is 25.1 Å². The van der Waals surface area contributed by atoms with E-state index in [-0.39, 0.29) is 11.1 Å². The van der Waals surface area contributed by atoms with Gasteiger partial charge in [0.2, 0.25) is 0 Å². The summed E-state index contributed by atoms with van der Waals surface area (Å²) in [4.78, 5) is 16.3. The number of hydrogen-bond donors (Lipinski definition) is 1. The molecule has 0 aromatic carbocycles. The predicted molar refractivity (Wildman–Crippen MR) is 59.8 cm³/mol. The second-order valence-corrected chi connectivity index (χ2v) is 4.42. The van der Waals surface area contributed by atoms with Crippen LogP contribution in [0.4, 0.5) is 0 Å². The molecule has 15 heavy (non-hydrogen) atoms. The first-order valence-electron chi connectivity index (χ1n) is 4.41.